The van der Waals surface area contributed by atoms with Gasteiger partial charge in [0.05, 0.1) is 0 Å². The van der Waals surface area contributed by atoms with Gasteiger partial charge >= 0.3 is 6.03 Å². The third-order valence-electron chi connectivity index (χ3n) is 2.01. The van der Waals surface area contributed by atoms with Gasteiger partial charge in [-0.1, -0.05) is 0 Å². The number of hydrogen-bond acceptors (Lipinski definition) is 3. The van der Waals surface area contributed by atoms with E-state index in [1.807, 2.05) is 0 Å². The van der Waals surface area contributed by atoms with Crippen LogP contribution in [-0.2, 0) is 0 Å². The highest BCUT2D eigenvalue weighted by atomic mass is 16.2. The maximum atomic E-state index is 10.4. The van der Waals surface area contributed by atoms with Crippen molar-refractivity contribution in [1.29, 1.82) is 0 Å². The van der Waals surface area contributed by atoms with Crippen LogP contribution in [-0.4, -0.2) is 24.2 Å². The molecule has 0 saturated heterocycles. The normalized spacial score (nSPS) is 37.1. The molecular weight excluding hydrogens is 144 g/mol. The van der Waals surface area contributed by atoms with E-state index >= 15 is 0 Å². The van der Waals surface area contributed by atoms with Gasteiger partial charge in [0.1, 0.15) is 0 Å². The zero-order chi connectivity index (χ0) is 8.43. The minimum Gasteiger partial charge on any atom is -0.352 e. The average molecular weight is 158 g/mol. The zero-order valence-corrected chi connectivity index (χ0v) is 6.29. The summed E-state index contributed by atoms with van der Waals surface area (Å²) in [5.74, 6) is 0. The Labute approximate surface area is 65.3 Å². The summed E-state index contributed by atoms with van der Waals surface area (Å²) >= 11 is 0. The summed E-state index contributed by atoms with van der Waals surface area (Å²) in [5.41, 5.74) is 16.2. The van der Waals surface area contributed by atoms with Crippen molar-refractivity contribution in [2.24, 2.45) is 17.2 Å². The summed E-state index contributed by atoms with van der Waals surface area (Å²) in [6, 6.07) is -0.451. The van der Waals surface area contributed by atoms with Crippen molar-refractivity contribution in [2.45, 2.75) is 31.0 Å². The molecule has 0 bridgehead atoms. The quantitative estimate of drug-likeness (QED) is 0.372. The molecule has 1 aliphatic rings. The van der Waals surface area contributed by atoms with Crippen molar-refractivity contribution in [1.82, 2.24) is 5.32 Å². The molecule has 3 atom stereocenters. The predicted octanol–water partition coefficient (Wildman–Crippen LogP) is -1.53. The number of amides is 2. The van der Waals surface area contributed by atoms with Crippen LogP contribution in [0.5, 0.6) is 0 Å². The molecular formula is C6H14N4O. The molecule has 0 aromatic rings. The van der Waals surface area contributed by atoms with Crippen LogP contribution in [0.25, 0.3) is 0 Å². The van der Waals surface area contributed by atoms with E-state index in [0.717, 1.165) is 12.8 Å². The summed E-state index contributed by atoms with van der Waals surface area (Å²) in [4.78, 5) is 10.4. The third kappa shape index (κ3) is 2.06. The Morgan fingerprint density at radius 2 is 1.73 bits per heavy atom. The second kappa shape index (κ2) is 3.06. The number of nitrogens with two attached hydrogens (primary N) is 3. The number of urea groups is 1. The van der Waals surface area contributed by atoms with E-state index in [2.05, 4.69) is 5.32 Å². The van der Waals surface area contributed by atoms with E-state index in [9.17, 15) is 4.79 Å². The maximum absolute atomic E-state index is 10.4. The fourth-order valence-electron chi connectivity index (χ4n) is 1.42. The predicted molar refractivity (Wildman–Crippen MR) is 41.7 cm³/mol. The molecule has 1 fully saturated rings. The topological polar surface area (TPSA) is 107 Å². The van der Waals surface area contributed by atoms with Crippen LogP contribution in [0.1, 0.15) is 12.8 Å². The van der Waals surface area contributed by atoms with Crippen LogP contribution in [0, 0.1) is 0 Å². The van der Waals surface area contributed by atoms with Gasteiger partial charge in [0.15, 0.2) is 0 Å². The Morgan fingerprint density at radius 1 is 1.27 bits per heavy atom. The molecule has 1 rings (SSSR count). The first-order valence-corrected chi connectivity index (χ1v) is 3.66. The lowest BCUT2D eigenvalue weighted by atomic mass is 10.2. The van der Waals surface area contributed by atoms with Gasteiger partial charge < -0.3 is 22.5 Å². The summed E-state index contributed by atoms with van der Waals surface area (Å²) < 4.78 is 0. The number of rotatable bonds is 1. The van der Waals surface area contributed by atoms with E-state index in [0.29, 0.717) is 0 Å². The SMILES string of the molecule is NC(=O)NC1C[C@@H](N)[C@@H](N)C1. The fourth-order valence-corrected chi connectivity index (χ4v) is 1.42. The third-order valence-corrected chi connectivity index (χ3v) is 2.01. The summed E-state index contributed by atoms with van der Waals surface area (Å²) in [6.07, 6.45) is 1.45. The maximum Gasteiger partial charge on any atom is 0.312 e. The van der Waals surface area contributed by atoms with E-state index in [1.54, 1.807) is 0 Å². The van der Waals surface area contributed by atoms with Crippen LogP contribution in [0.3, 0.4) is 0 Å². The van der Waals surface area contributed by atoms with E-state index in [1.165, 1.54) is 0 Å². The van der Waals surface area contributed by atoms with Crippen molar-refractivity contribution in [3.63, 3.8) is 0 Å². The Balaban J connectivity index is 2.35. The molecule has 11 heavy (non-hydrogen) atoms. The lowest BCUT2D eigenvalue weighted by Crippen LogP contribution is -2.37. The number of primary amides is 1. The first-order chi connectivity index (χ1) is 5.09. The summed E-state index contributed by atoms with van der Waals surface area (Å²) in [5, 5.41) is 2.58. The second-order valence-electron chi connectivity index (χ2n) is 3.00. The molecule has 0 spiro atoms. The monoisotopic (exact) mass is 158 g/mol. The van der Waals surface area contributed by atoms with Crippen molar-refractivity contribution in [3.05, 3.63) is 0 Å². The molecule has 7 N–H and O–H groups in total. The van der Waals surface area contributed by atoms with Gasteiger partial charge in [0, 0.05) is 18.1 Å². The highest BCUT2D eigenvalue weighted by Gasteiger charge is 2.29. The lowest BCUT2D eigenvalue weighted by molar-refractivity contribution is 0.245. The minimum atomic E-state index is -0.503. The molecule has 1 unspecified atom stereocenters. The second-order valence-corrected chi connectivity index (χ2v) is 3.00. The van der Waals surface area contributed by atoms with Gasteiger partial charge in [-0.25, -0.2) is 4.79 Å². The Hall–Kier alpha value is -0.810. The lowest BCUT2D eigenvalue weighted by Gasteiger charge is -2.08. The molecule has 1 saturated carbocycles. The van der Waals surface area contributed by atoms with Gasteiger partial charge in [-0.2, -0.15) is 0 Å². The van der Waals surface area contributed by atoms with E-state index in [-0.39, 0.29) is 18.1 Å². The molecule has 0 aliphatic heterocycles. The molecule has 0 aromatic heterocycles. The highest BCUT2D eigenvalue weighted by molar-refractivity contribution is 5.72. The fraction of sp³-hybridized carbons (Fsp3) is 0.833. The molecule has 5 heteroatoms. The van der Waals surface area contributed by atoms with Crippen LogP contribution >= 0.6 is 0 Å². The molecule has 64 valence electrons. The van der Waals surface area contributed by atoms with Gasteiger partial charge in [-0.15, -0.1) is 0 Å². The number of carbonyl (C=O) groups is 1. The van der Waals surface area contributed by atoms with Crippen LogP contribution in [0.2, 0.25) is 0 Å². The van der Waals surface area contributed by atoms with E-state index < -0.39 is 6.03 Å². The Bertz CT molecular complexity index is 151. The van der Waals surface area contributed by atoms with E-state index in [4.69, 9.17) is 17.2 Å². The summed E-state index contributed by atoms with van der Waals surface area (Å²) in [7, 11) is 0. The number of hydrogen-bond donors (Lipinski definition) is 4. The van der Waals surface area contributed by atoms with Gasteiger partial charge in [0.2, 0.25) is 0 Å². The number of nitrogens with one attached hydrogen (secondary N) is 1. The van der Waals surface area contributed by atoms with Crippen molar-refractivity contribution in [2.75, 3.05) is 0 Å². The van der Waals surface area contributed by atoms with Crippen molar-refractivity contribution in [3.8, 4) is 0 Å². The molecule has 1 aliphatic carbocycles. The Kier molecular flexibility index (Phi) is 2.31. The van der Waals surface area contributed by atoms with Crippen molar-refractivity contribution < 1.29 is 4.79 Å². The molecule has 2 amide bonds. The van der Waals surface area contributed by atoms with Crippen LogP contribution in [0.4, 0.5) is 4.79 Å². The Morgan fingerprint density at radius 3 is 2.09 bits per heavy atom. The average Bonchev–Trinajstić information content (AvgIpc) is 2.10. The largest absolute Gasteiger partial charge is 0.352 e. The van der Waals surface area contributed by atoms with Gasteiger partial charge in [-0.3, -0.25) is 0 Å². The van der Waals surface area contributed by atoms with Gasteiger partial charge in [-0.05, 0) is 12.8 Å². The highest BCUT2D eigenvalue weighted by Crippen LogP contribution is 2.15. The molecule has 0 aromatic carbocycles. The minimum absolute atomic E-state index is 0.00755. The standard InChI is InChI=1S/C6H14N4O/c7-4-1-3(2-5(4)8)10-6(9)11/h3-5H,1-2,7-8H2,(H3,9,10,11)/t3?,4-,5+. The van der Waals surface area contributed by atoms with Crippen molar-refractivity contribution >= 4 is 6.03 Å². The van der Waals surface area contributed by atoms with Gasteiger partial charge in [0.25, 0.3) is 0 Å². The zero-order valence-electron chi connectivity index (χ0n) is 6.29. The first kappa shape index (κ1) is 8.29. The number of carbonyl (C=O) groups excluding carboxylic acids is 1. The summed E-state index contributed by atoms with van der Waals surface area (Å²) in [6.45, 7) is 0. The molecule has 0 heterocycles. The molecule has 0 radical (unpaired) electrons. The van der Waals surface area contributed by atoms with Crippen LogP contribution in [0.15, 0.2) is 0 Å². The van der Waals surface area contributed by atoms with Crippen LogP contribution < -0.4 is 22.5 Å². The molecule has 5 nitrogen and oxygen atoms in total. The smallest absolute Gasteiger partial charge is 0.312 e. The first-order valence-electron chi connectivity index (χ1n) is 3.66.